The Morgan fingerprint density at radius 2 is 2.22 bits per heavy atom. The number of carbonyl (C=O) groups is 1. The molecule has 5 heteroatoms. The first-order valence-electron chi connectivity index (χ1n) is 9.40. The number of carbonyl (C=O) groups excluding carboxylic acids is 1. The Kier molecular flexibility index (Phi) is 4.35. The first kappa shape index (κ1) is 17.9. The zero-order valence-corrected chi connectivity index (χ0v) is 16.1. The Morgan fingerprint density at radius 3 is 2.96 bits per heavy atom. The van der Waals surface area contributed by atoms with E-state index in [0.717, 1.165) is 24.9 Å². The molecule has 2 aromatic rings. The van der Waals surface area contributed by atoms with E-state index in [2.05, 4.69) is 18.9 Å². The van der Waals surface area contributed by atoms with Gasteiger partial charge < -0.3 is 19.3 Å². The molecule has 1 N–H and O–H groups in total. The van der Waals surface area contributed by atoms with Crippen molar-refractivity contribution in [2.45, 2.75) is 37.3 Å². The van der Waals surface area contributed by atoms with Crippen LogP contribution in [0.5, 0.6) is 5.75 Å². The van der Waals surface area contributed by atoms with Crippen LogP contribution in [0.25, 0.3) is 6.08 Å². The number of phenols is 1. The fraction of sp³-hybridized carbons (Fsp3) is 0.409. The molecule has 2 heterocycles. The van der Waals surface area contributed by atoms with Crippen LogP contribution >= 0.6 is 0 Å². The normalized spacial score (nSPS) is 27.5. The molecule has 1 aliphatic heterocycles. The molecule has 1 aromatic carbocycles. The highest BCUT2D eigenvalue weighted by atomic mass is 16.3. The van der Waals surface area contributed by atoms with Gasteiger partial charge in [0.1, 0.15) is 5.75 Å². The van der Waals surface area contributed by atoms with Crippen LogP contribution in [0.3, 0.4) is 0 Å². The van der Waals surface area contributed by atoms with Crippen molar-refractivity contribution in [3.63, 3.8) is 0 Å². The zero-order chi connectivity index (χ0) is 19.2. The van der Waals surface area contributed by atoms with Crippen LogP contribution < -0.4 is 0 Å². The number of nitrogens with zero attached hydrogens (tertiary/aromatic N) is 2. The van der Waals surface area contributed by atoms with Crippen LogP contribution in [0.15, 0.2) is 47.3 Å². The number of piperidine rings is 1. The molecule has 27 heavy (non-hydrogen) atoms. The van der Waals surface area contributed by atoms with E-state index in [9.17, 15) is 9.90 Å². The standard InChI is InChI=1S/C22H26N2O3/c1-22-9-10-23(2)19(12-16-5-6-17(25)13-18(16)22)21(22)24(3)20(26)7-4-15-8-11-27-14-15/h4-8,11,13-14,19,21,25H,9-10,12H2,1-3H3/b7-4+/t19-,21-,22-/m1/s1. The summed E-state index contributed by atoms with van der Waals surface area (Å²) in [6.45, 7) is 3.22. The van der Waals surface area contributed by atoms with Crippen molar-refractivity contribution in [1.82, 2.24) is 9.80 Å². The van der Waals surface area contributed by atoms with E-state index in [1.54, 1.807) is 30.7 Å². The predicted molar refractivity (Wildman–Crippen MR) is 104 cm³/mol. The molecule has 0 unspecified atom stereocenters. The minimum absolute atomic E-state index is 0.0173. The van der Waals surface area contributed by atoms with Gasteiger partial charge in [-0.3, -0.25) is 4.79 Å². The Hall–Kier alpha value is -2.53. The van der Waals surface area contributed by atoms with Gasteiger partial charge in [-0.05, 0) is 61.8 Å². The van der Waals surface area contributed by atoms with Gasteiger partial charge in [-0.2, -0.15) is 0 Å². The summed E-state index contributed by atoms with van der Waals surface area (Å²) in [6, 6.07) is 7.83. The van der Waals surface area contributed by atoms with E-state index in [1.165, 1.54) is 11.1 Å². The molecule has 1 amide bonds. The highest BCUT2D eigenvalue weighted by Gasteiger charge is 2.52. The van der Waals surface area contributed by atoms with Gasteiger partial charge in [-0.25, -0.2) is 0 Å². The number of furan rings is 1. The van der Waals surface area contributed by atoms with E-state index in [-0.39, 0.29) is 23.4 Å². The molecule has 1 aliphatic carbocycles. The molecule has 2 bridgehead atoms. The van der Waals surface area contributed by atoms with Gasteiger partial charge in [0.15, 0.2) is 0 Å². The lowest BCUT2D eigenvalue weighted by molar-refractivity contribution is -0.132. The zero-order valence-electron chi connectivity index (χ0n) is 16.1. The molecule has 4 rings (SSSR count). The summed E-state index contributed by atoms with van der Waals surface area (Å²) in [5, 5.41) is 10.1. The number of amides is 1. The first-order valence-corrected chi connectivity index (χ1v) is 9.40. The van der Waals surface area contributed by atoms with Gasteiger partial charge in [-0.15, -0.1) is 0 Å². The van der Waals surface area contributed by atoms with Crippen LogP contribution in [-0.2, 0) is 16.6 Å². The Labute approximate surface area is 159 Å². The smallest absolute Gasteiger partial charge is 0.246 e. The van der Waals surface area contributed by atoms with Crippen molar-refractivity contribution >= 4 is 12.0 Å². The van der Waals surface area contributed by atoms with Gasteiger partial charge in [0.2, 0.25) is 5.91 Å². The van der Waals surface area contributed by atoms with Crippen LogP contribution in [-0.4, -0.2) is 53.5 Å². The molecule has 5 nitrogen and oxygen atoms in total. The summed E-state index contributed by atoms with van der Waals surface area (Å²) in [5.74, 6) is 0.274. The van der Waals surface area contributed by atoms with Crippen LogP contribution in [0.1, 0.15) is 30.0 Å². The average molecular weight is 366 g/mol. The van der Waals surface area contributed by atoms with Gasteiger partial charge in [0.05, 0.1) is 18.6 Å². The predicted octanol–water partition coefficient (Wildman–Crippen LogP) is 3.04. The lowest BCUT2D eigenvalue weighted by Crippen LogP contribution is -2.67. The number of fused-ring (bicyclic) bond motifs is 4. The van der Waals surface area contributed by atoms with Crippen molar-refractivity contribution in [3.8, 4) is 5.75 Å². The molecule has 0 radical (unpaired) electrons. The summed E-state index contributed by atoms with van der Waals surface area (Å²) in [6.07, 6.45) is 8.44. The van der Waals surface area contributed by atoms with E-state index in [1.807, 2.05) is 30.1 Å². The second kappa shape index (κ2) is 6.57. The van der Waals surface area contributed by atoms with E-state index >= 15 is 0 Å². The largest absolute Gasteiger partial charge is 0.508 e. The molecule has 1 saturated heterocycles. The number of likely N-dealkylation sites (tertiary alicyclic amines) is 1. The van der Waals surface area contributed by atoms with Gasteiger partial charge in [0, 0.05) is 30.1 Å². The van der Waals surface area contributed by atoms with E-state index < -0.39 is 0 Å². The number of aromatic hydroxyl groups is 1. The third-order valence-corrected chi connectivity index (χ3v) is 6.43. The maximum atomic E-state index is 12.9. The van der Waals surface area contributed by atoms with E-state index in [4.69, 9.17) is 4.42 Å². The molecule has 0 saturated carbocycles. The van der Waals surface area contributed by atoms with Crippen molar-refractivity contribution in [2.24, 2.45) is 0 Å². The number of hydrogen-bond donors (Lipinski definition) is 1. The number of hydrogen-bond acceptors (Lipinski definition) is 4. The van der Waals surface area contributed by atoms with Crippen LogP contribution in [0.2, 0.25) is 0 Å². The number of rotatable bonds is 3. The number of phenolic OH excluding ortho intramolecular Hbond substituents is 1. The Bertz CT molecular complexity index is 874. The van der Waals surface area contributed by atoms with E-state index in [0.29, 0.717) is 5.75 Å². The summed E-state index contributed by atoms with van der Waals surface area (Å²) >= 11 is 0. The van der Waals surface area contributed by atoms with Crippen molar-refractivity contribution in [1.29, 1.82) is 0 Å². The topological polar surface area (TPSA) is 56.9 Å². The lowest BCUT2D eigenvalue weighted by Gasteiger charge is -2.57. The second-order valence-electron chi connectivity index (χ2n) is 8.04. The monoisotopic (exact) mass is 366 g/mol. The highest BCUT2D eigenvalue weighted by molar-refractivity contribution is 5.92. The summed E-state index contributed by atoms with van der Waals surface area (Å²) in [5.41, 5.74) is 3.14. The molecule has 3 atom stereocenters. The first-order chi connectivity index (χ1) is 12.9. The summed E-state index contributed by atoms with van der Waals surface area (Å²) in [7, 11) is 4.03. The lowest BCUT2D eigenvalue weighted by atomic mass is 9.61. The number of likely N-dealkylation sites (N-methyl/N-ethyl adjacent to an activating group) is 2. The van der Waals surface area contributed by atoms with Crippen molar-refractivity contribution in [2.75, 3.05) is 20.6 Å². The Morgan fingerprint density at radius 1 is 1.41 bits per heavy atom. The minimum atomic E-state index is -0.183. The number of benzene rings is 1. The molecule has 0 spiro atoms. The maximum absolute atomic E-state index is 12.9. The molecular weight excluding hydrogens is 340 g/mol. The van der Waals surface area contributed by atoms with Gasteiger partial charge in [-0.1, -0.05) is 13.0 Å². The quantitative estimate of drug-likeness (QED) is 0.849. The molecule has 142 valence electrons. The van der Waals surface area contributed by atoms with Crippen LogP contribution in [0, 0.1) is 0 Å². The fourth-order valence-electron chi connectivity index (χ4n) is 4.93. The van der Waals surface area contributed by atoms with Crippen molar-refractivity contribution < 1.29 is 14.3 Å². The fourth-order valence-corrected chi connectivity index (χ4v) is 4.93. The van der Waals surface area contributed by atoms with Crippen LogP contribution in [0.4, 0.5) is 0 Å². The van der Waals surface area contributed by atoms with Gasteiger partial charge >= 0.3 is 0 Å². The minimum Gasteiger partial charge on any atom is -0.508 e. The highest BCUT2D eigenvalue weighted by Crippen LogP contribution is 2.47. The second-order valence-corrected chi connectivity index (χ2v) is 8.04. The molecule has 1 fully saturated rings. The third-order valence-electron chi connectivity index (χ3n) is 6.43. The Balaban J connectivity index is 1.69. The SMILES string of the molecule is CN1CC[C@]2(C)c3cc(O)ccc3C[C@@H]1[C@H]2N(C)C(=O)/C=C/c1ccoc1. The molecular formula is C22H26N2O3. The van der Waals surface area contributed by atoms with Gasteiger partial charge in [0.25, 0.3) is 0 Å². The average Bonchev–Trinajstić information content (AvgIpc) is 3.17. The van der Waals surface area contributed by atoms with Crippen molar-refractivity contribution in [3.05, 3.63) is 59.6 Å². The summed E-state index contributed by atoms with van der Waals surface area (Å²) < 4.78 is 5.06. The molecule has 2 aliphatic rings. The molecule has 1 aromatic heterocycles. The maximum Gasteiger partial charge on any atom is 0.246 e. The third kappa shape index (κ3) is 2.96. The summed E-state index contributed by atoms with van der Waals surface area (Å²) in [4.78, 5) is 17.2.